The highest BCUT2D eigenvalue weighted by Crippen LogP contribution is 2.43. The third kappa shape index (κ3) is 5.34. The summed E-state index contributed by atoms with van der Waals surface area (Å²) in [5.41, 5.74) is 0.0492. The molecule has 0 unspecified atom stereocenters. The van der Waals surface area contributed by atoms with Gasteiger partial charge in [-0.05, 0) is 43.2 Å². The molecule has 36 heavy (non-hydrogen) atoms. The van der Waals surface area contributed by atoms with Crippen molar-refractivity contribution in [2.24, 2.45) is 5.41 Å². The number of carboxylic acid groups (broad SMARTS) is 1. The van der Waals surface area contributed by atoms with E-state index in [0.717, 1.165) is 49.2 Å². The Bertz CT molecular complexity index is 1410. The quantitative estimate of drug-likeness (QED) is 0.398. The van der Waals surface area contributed by atoms with Crippen molar-refractivity contribution in [3.63, 3.8) is 0 Å². The molecule has 2 N–H and O–H groups in total. The summed E-state index contributed by atoms with van der Waals surface area (Å²) in [5, 5.41) is 10.2. The number of hydrogen-bond acceptors (Lipinski definition) is 7. The third-order valence-corrected chi connectivity index (χ3v) is 8.65. The van der Waals surface area contributed by atoms with Gasteiger partial charge < -0.3 is 9.84 Å². The first kappa shape index (κ1) is 26.0. The van der Waals surface area contributed by atoms with Crippen molar-refractivity contribution in [2.45, 2.75) is 50.5 Å². The van der Waals surface area contributed by atoms with Crippen molar-refractivity contribution < 1.29 is 31.8 Å². The standard InChI is InChI=1S/C24H25F2N3O5S2/c1-24(2)6-4-13(5-7-24)21-17(26)8-14(11-27-21)22-28-20(12-35-22)36(32,33)29-18-10-16(25)15(23(30)31)9-19(18)34-3/h8-13,29H,4-7H2,1-3H3,(H,30,31). The summed E-state index contributed by atoms with van der Waals surface area (Å²) >= 11 is 0.989. The number of carboxylic acids is 1. The number of sulfonamides is 1. The molecule has 0 amide bonds. The second-order valence-corrected chi connectivity index (χ2v) is 12.0. The van der Waals surface area contributed by atoms with E-state index in [2.05, 4.69) is 28.5 Å². The predicted molar refractivity (Wildman–Crippen MR) is 131 cm³/mol. The number of methoxy groups -OCH3 is 1. The molecule has 0 radical (unpaired) electrons. The number of rotatable bonds is 7. The highest BCUT2D eigenvalue weighted by Gasteiger charge is 2.30. The summed E-state index contributed by atoms with van der Waals surface area (Å²) in [4.78, 5) is 19.6. The Morgan fingerprint density at radius 1 is 1.19 bits per heavy atom. The fraction of sp³-hybridized carbons (Fsp3) is 0.375. The lowest BCUT2D eigenvalue weighted by Crippen LogP contribution is -2.21. The minimum Gasteiger partial charge on any atom is -0.495 e. The molecule has 1 aromatic carbocycles. The second kappa shape index (κ2) is 9.74. The smallest absolute Gasteiger partial charge is 0.338 e. The van der Waals surface area contributed by atoms with E-state index in [0.29, 0.717) is 11.3 Å². The maximum Gasteiger partial charge on any atom is 0.338 e. The first-order valence-electron chi connectivity index (χ1n) is 11.2. The predicted octanol–water partition coefficient (Wildman–Crippen LogP) is 5.67. The van der Waals surface area contributed by atoms with Gasteiger partial charge in [-0.3, -0.25) is 9.71 Å². The molecule has 1 aliphatic carbocycles. The first-order chi connectivity index (χ1) is 16.9. The number of thiazole rings is 1. The molecule has 4 rings (SSSR count). The molecule has 1 aliphatic rings. The van der Waals surface area contributed by atoms with Gasteiger partial charge in [0.05, 0.1) is 24.1 Å². The molecule has 0 saturated heterocycles. The largest absolute Gasteiger partial charge is 0.495 e. The molecule has 0 atom stereocenters. The zero-order valence-corrected chi connectivity index (χ0v) is 21.5. The van der Waals surface area contributed by atoms with E-state index in [9.17, 15) is 22.0 Å². The molecule has 2 heterocycles. The summed E-state index contributed by atoms with van der Waals surface area (Å²) < 4.78 is 62.0. The molecular formula is C24H25F2N3O5S2. The number of pyridine rings is 1. The van der Waals surface area contributed by atoms with Crippen molar-refractivity contribution in [3.05, 3.63) is 52.7 Å². The van der Waals surface area contributed by atoms with E-state index in [1.807, 2.05) is 0 Å². The average molecular weight is 538 g/mol. The molecule has 3 aromatic rings. The number of aromatic carboxylic acids is 1. The van der Waals surface area contributed by atoms with Crippen LogP contribution >= 0.6 is 11.3 Å². The fourth-order valence-corrected chi connectivity index (χ4v) is 6.35. The lowest BCUT2D eigenvalue weighted by atomic mass is 9.72. The summed E-state index contributed by atoms with van der Waals surface area (Å²) in [5.74, 6) is -3.24. The molecule has 1 fully saturated rings. The lowest BCUT2D eigenvalue weighted by Gasteiger charge is -2.34. The molecule has 0 spiro atoms. The number of benzene rings is 1. The van der Waals surface area contributed by atoms with Crippen LogP contribution < -0.4 is 9.46 Å². The molecule has 1 saturated carbocycles. The van der Waals surface area contributed by atoms with Crippen molar-refractivity contribution in [1.82, 2.24) is 9.97 Å². The normalized spacial score (nSPS) is 16.0. The Balaban J connectivity index is 1.56. The Kier molecular flexibility index (Phi) is 7.02. The van der Waals surface area contributed by atoms with Gasteiger partial charge in [0, 0.05) is 29.1 Å². The maximum absolute atomic E-state index is 14.9. The zero-order chi connectivity index (χ0) is 26.3. The molecule has 0 bridgehead atoms. The number of aromatic nitrogens is 2. The van der Waals surface area contributed by atoms with Crippen LogP contribution in [0.1, 0.15) is 61.5 Å². The average Bonchev–Trinajstić information content (AvgIpc) is 3.31. The third-order valence-electron chi connectivity index (χ3n) is 6.36. The van der Waals surface area contributed by atoms with Gasteiger partial charge in [0.25, 0.3) is 10.0 Å². The summed E-state index contributed by atoms with van der Waals surface area (Å²) in [7, 11) is -3.10. The van der Waals surface area contributed by atoms with Crippen LogP contribution in [0.5, 0.6) is 5.75 Å². The highest BCUT2D eigenvalue weighted by atomic mass is 32.2. The second-order valence-electron chi connectivity index (χ2n) is 9.46. The van der Waals surface area contributed by atoms with Crippen molar-refractivity contribution >= 4 is 33.0 Å². The van der Waals surface area contributed by atoms with Crippen LogP contribution in [0.3, 0.4) is 0 Å². The van der Waals surface area contributed by atoms with Gasteiger partial charge >= 0.3 is 5.97 Å². The molecule has 2 aromatic heterocycles. The SMILES string of the molecule is COc1cc(C(=O)O)c(F)cc1NS(=O)(=O)c1csc(-c2cnc(C3CCC(C)(C)CC3)c(F)c2)n1. The number of anilines is 1. The first-order valence-corrected chi connectivity index (χ1v) is 13.5. The van der Waals surface area contributed by atoms with Gasteiger partial charge in [0.15, 0.2) is 5.03 Å². The van der Waals surface area contributed by atoms with Gasteiger partial charge in [-0.15, -0.1) is 11.3 Å². The molecule has 0 aliphatic heterocycles. The van der Waals surface area contributed by atoms with Gasteiger partial charge in [-0.1, -0.05) is 13.8 Å². The summed E-state index contributed by atoms with van der Waals surface area (Å²) in [6.07, 6.45) is 5.20. The summed E-state index contributed by atoms with van der Waals surface area (Å²) in [6, 6.07) is 2.91. The van der Waals surface area contributed by atoms with Gasteiger partial charge in [-0.2, -0.15) is 8.42 Å². The fourth-order valence-electron chi connectivity index (χ4n) is 4.22. The molecule has 8 nitrogen and oxygen atoms in total. The van der Waals surface area contributed by atoms with Crippen LogP contribution in [0.4, 0.5) is 14.5 Å². The molecular weight excluding hydrogens is 512 g/mol. The minimum absolute atomic E-state index is 0.0476. The Morgan fingerprint density at radius 2 is 1.89 bits per heavy atom. The van der Waals surface area contributed by atoms with E-state index in [-0.39, 0.29) is 32.8 Å². The van der Waals surface area contributed by atoms with Crippen LogP contribution in [0, 0.1) is 17.0 Å². The lowest BCUT2D eigenvalue weighted by molar-refractivity contribution is 0.0691. The van der Waals surface area contributed by atoms with Gasteiger partial charge in [0.1, 0.15) is 22.4 Å². The molecule has 192 valence electrons. The van der Waals surface area contributed by atoms with Crippen LogP contribution in [-0.4, -0.2) is 36.6 Å². The van der Waals surface area contributed by atoms with Gasteiger partial charge in [0.2, 0.25) is 0 Å². The topological polar surface area (TPSA) is 118 Å². The van der Waals surface area contributed by atoms with Crippen molar-refractivity contribution in [1.29, 1.82) is 0 Å². The minimum atomic E-state index is -4.29. The Labute approximate surface area is 211 Å². The van der Waals surface area contributed by atoms with Crippen LogP contribution in [-0.2, 0) is 10.0 Å². The number of carbonyl (C=O) groups is 1. The maximum atomic E-state index is 14.9. The Morgan fingerprint density at radius 3 is 2.50 bits per heavy atom. The van der Waals surface area contributed by atoms with Crippen LogP contribution in [0.15, 0.2) is 34.8 Å². The van der Waals surface area contributed by atoms with E-state index in [1.54, 1.807) is 0 Å². The number of hydrogen-bond donors (Lipinski definition) is 2. The van der Waals surface area contributed by atoms with E-state index in [4.69, 9.17) is 9.84 Å². The highest BCUT2D eigenvalue weighted by molar-refractivity contribution is 7.92. The zero-order valence-electron chi connectivity index (χ0n) is 19.8. The van der Waals surface area contributed by atoms with Gasteiger partial charge in [-0.25, -0.2) is 18.6 Å². The summed E-state index contributed by atoms with van der Waals surface area (Å²) in [6.45, 7) is 4.41. The monoisotopic (exact) mass is 537 g/mol. The van der Waals surface area contributed by atoms with Crippen LogP contribution in [0.2, 0.25) is 0 Å². The molecule has 12 heteroatoms. The van der Waals surface area contributed by atoms with E-state index in [1.165, 1.54) is 24.8 Å². The van der Waals surface area contributed by atoms with E-state index < -0.39 is 33.2 Å². The number of nitrogens with one attached hydrogen (secondary N) is 1. The van der Waals surface area contributed by atoms with E-state index >= 15 is 0 Å². The van der Waals surface area contributed by atoms with Crippen molar-refractivity contribution in [3.8, 4) is 16.3 Å². The number of ether oxygens (including phenoxy) is 1. The van der Waals surface area contributed by atoms with Crippen molar-refractivity contribution in [2.75, 3.05) is 11.8 Å². The number of halogens is 2. The Hall–Kier alpha value is -3.12. The van der Waals surface area contributed by atoms with Crippen LogP contribution in [0.25, 0.3) is 10.6 Å². The number of nitrogens with zero attached hydrogens (tertiary/aromatic N) is 2.